The molecule has 2 aromatic rings. The van der Waals surface area contributed by atoms with E-state index in [4.69, 9.17) is 5.11 Å². The Morgan fingerprint density at radius 3 is 2.76 bits per heavy atom. The van der Waals surface area contributed by atoms with Crippen molar-refractivity contribution < 1.29 is 14.7 Å². The topological polar surface area (TPSA) is 100 Å². The molecule has 1 saturated heterocycles. The molecule has 132 valence electrons. The number of urea groups is 1. The Morgan fingerprint density at radius 1 is 1.32 bits per heavy atom. The molecule has 2 N–H and O–H groups in total. The number of carbonyl (C=O) groups excluding carboxylic acids is 1. The minimum absolute atomic E-state index is 0.184. The molecule has 2 heterocycles. The van der Waals surface area contributed by atoms with Crippen LogP contribution in [0.4, 0.5) is 10.5 Å². The number of likely N-dealkylation sites (tertiary alicyclic amines) is 1. The highest BCUT2D eigenvalue weighted by Crippen LogP contribution is 2.28. The van der Waals surface area contributed by atoms with Crippen molar-refractivity contribution in [1.29, 1.82) is 0 Å². The van der Waals surface area contributed by atoms with Gasteiger partial charge in [-0.15, -0.1) is 10.2 Å². The van der Waals surface area contributed by atoms with Gasteiger partial charge in [-0.2, -0.15) is 0 Å². The molecule has 0 saturated carbocycles. The Kier molecular flexibility index (Phi) is 4.69. The first-order valence-electron chi connectivity index (χ1n) is 8.25. The zero-order valence-corrected chi connectivity index (χ0v) is 14.2. The lowest BCUT2D eigenvalue weighted by atomic mass is 10.1. The summed E-state index contributed by atoms with van der Waals surface area (Å²) in [6, 6.07) is 7.27. The maximum absolute atomic E-state index is 12.5. The van der Waals surface area contributed by atoms with Crippen molar-refractivity contribution in [2.75, 3.05) is 18.4 Å². The molecular weight excluding hydrogens is 322 g/mol. The molecule has 3 rings (SSSR count). The Balaban J connectivity index is 1.81. The van der Waals surface area contributed by atoms with Crippen molar-refractivity contribution >= 4 is 17.7 Å². The van der Waals surface area contributed by atoms with Gasteiger partial charge < -0.3 is 19.9 Å². The molecule has 0 radical (unpaired) electrons. The fourth-order valence-electron chi connectivity index (χ4n) is 2.94. The van der Waals surface area contributed by atoms with Gasteiger partial charge in [0.25, 0.3) is 0 Å². The predicted molar refractivity (Wildman–Crippen MR) is 92.2 cm³/mol. The molecule has 1 aliphatic heterocycles. The summed E-state index contributed by atoms with van der Waals surface area (Å²) < 4.78 is 1.93. The van der Waals surface area contributed by atoms with Crippen LogP contribution in [-0.2, 0) is 4.79 Å². The van der Waals surface area contributed by atoms with Crippen LogP contribution in [0.3, 0.4) is 0 Å². The van der Waals surface area contributed by atoms with Crippen LogP contribution in [0.5, 0.6) is 0 Å². The van der Waals surface area contributed by atoms with E-state index < -0.39 is 11.9 Å². The van der Waals surface area contributed by atoms with Gasteiger partial charge in [0.15, 0.2) is 5.82 Å². The van der Waals surface area contributed by atoms with E-state index >= 15 is 0 Å². The van der Waals surface area contributed by atoms with Crippen molar-refractivity contribution in [3.8, 4) is 11.4 Å². The van der Waals surface area contributed by atoms with Crippen LogP contribution in [0.25, 0.3) is 11.4 Å². The van der Waals surface area contributed by atoms with Crippen LogP contribution in [0, 0.1) is 5.92 Å². The first kappa shape index (κ1) is 16.9. The van der Waals surface area contributed by atoms with Crippen molar-refractivity contribution in [1.82, 2.24) is 19.7 Å². The summed E-state index contributed by atoms with van der Waals surface area (Å²) in [6.45, 7) is 4.73. The lowest BCUT2D eigenvalue weighted by molar-refractivity contribution is -0.141. The highest BCUT2D eigenvalue weighted by Gasteiger charge is 2.31. The van der Waals surface area contributed by atoms with E-state index in [9.17, 15) is 9.59 Å². The summed E-state index contributed by atoms with van der Waals surface area (Å²) in [4.78, 5) is 25.1. The van der Waals surface area contributed by atoms with Gasteiger partial charge in [0.2, 0.25) is 0 Å². The molecule has 2 amide bonds. The summed E-state index contributed by atoms with van der Waals surface area (Å²) in [5.41, 5.74) is 1.40. The quantitative estimate of drug-likeness (QED) is 0.888. The Morgan fingerprint density at radius 2 is 2.08 bits per heavy atom. The molecule has 1 fully saturated rings. The van der Waals surface area contributed by atoms with E-state index in [0.717, 1.165) is 5.56 Å². The average Bonchev–Trinajstić information content (AvgIpc) is 3.25. The highest BCUT2D eigenvalue weighted by atomic mass is 16.4. The highest BCUT2D eigenvalue weighted by molar-refractivity contribution is 5.94. The smallest absolute Gasteiger partial charge is 0.321 e. The van der Waals surface area contributed by atoms with Crippen molar-refractivity contribution in [3.05, 3.63) is 30.6 Å². The third-order valence-corrected chi connectivity index (χ3v) is 4.36. The molecule has 25 heavy (non-hydrogen) atoms. The number of aliphatic carboxylic acids is 1. The van der Waals surface area contributed by atoms with Crippen molar-refractivity contribution in [3.63, 3.8) is 0 Å². The number of aromatic nitrogens is 3. The number of carboxylic acids is 1. The molecule has 8 heteroatoms. The predicted octanol–water partition coefficient (Wildman–Crippen LogP) is 2.46. The molecule has 1 aliphatic rings. The number of nitrogens with zero attached hydrogens (tertiary/aromatic N) is 4. The number of benzene rings is 1. The van der Waals surface area contributed by atoms with Crippen LogP contribution in [-0.4, -0.2) is 49.9 Å². The summed E-state index contributed by atoms with van der Waals surface area (Å²) >= 11 is 0. The summed E-state index contributed by atoms with van der Waals surface area (Å²) in [7, 11) is 0. The summed E-state index contributed by atoms with van der Waals surface area (Å²) in [6.07, 6.45) is 2.14. The Hall–Kier alpha value is -2.90. The maximum atomic E-state index is 12.5. The van der Waals surface area contributed by atoms with E-state index in [1.807, 2.05) is 36.6 Å². The van der Waals surface area contributed by atoms with Gasteiger partial charge in [-0.1, -0.05) is 12.1 Å². The molecule has 1 unspecified atom stereocenters. The fourth-order valence-corrected chi connectivity index (χ4v) is 2.94. The van der Waals surface area contributed by atoms with Gasteiger partial charge >= 0.3 is 12.0 Å². The summed E-state index contributed by atoms with van der Waals surface area (Å²) in [5.74, 6) is -0.679. The fraction of sp³-hybridized carbons (Fsp3) is 0.412. The number of rotatable bonds is 4. The number of anilines is 1. The lowest BCUT2D eigenvalue weighted by Gasteiger charge is -2.19. The maximum Gasteiger partial charge on any atom is 0.321 e. The minimum atomic E-state index is -0.860. The van der Waals surface area contributed by atoms with Gasteiger partial charge in [0.1, 0.15) is 6.33 Å². The minimum Gasteiger partial charge on any atom is -0.481 e. The van der Waals surface area contributed by atoms with Gasteiger partial charge in [0.05, 0.1) is 11.6 Å². The first-order chi connectivity index (χ1) is 12.0. The monoisotopic (exact) mass is 343 g/mol. The van der Waals surface area contributed by atoms with Crippen LogP contribution in [0.15, 0.2) is 30.6 Å². The number of carbonyl (C=O) groups is 2. The van der Waals surface area contributed by atoms with Crippen LogP contribution >= 0.6 is 0 Å². The van der Waals surface area contributed by atoms with Gasteiger partial charge in [-0.25, -0.2) is 4.79 Å². The zero-order valence-electron chi connectivity index (χ0n) is 14.2. The second kappa shape index (κ2) is 6.92. The van der Waals surface area contributed by atoms with Crippen LogP contribution in [0.2, 0.25) is 0 Å². The van der Waals surface area contributed by atoms with Gasteiger partial charge in [0, 0.05) is 24.7 Å². The second-order valence-corrected chi connectivity index (χ2v) is 6.40. The number of carboxylic acid groups (broad SMARTS) is 1. The molecule has 0 bridgehead atoms. The number of para-hydroxylation sites is 1. The normalized spacial score (nSPS) is 17.1. The molecular formula is C17H21N5O3. The molecule has 1 aromatic carbocycles. The molecule has 0 spiro atoms. The number of hydrogen-bond donors (Lipinski definition) is 2. The standard InChI is InChI=1S/C17H21N5O3/c1-11(2)22-10-18-20-15(22)13-5-3-4-6-14(13)19-17(25)21-8-7-12(9-21)16(23)24/h3-6,10-12H,7-9H2,1-2H3,(H,19,25)(H,23,24). The van der Waals surface area contributed by atoms with Crippen molar-refractivity contribution in [2.24, 2.45) is 5.92 Å². The van der Waals surface area contributed by atoms with E-state index in [1.165, 1.54) is 4.90 Å². The van der Waals surface area contributed by atoms with Crippen LogP contribution in [0.1, 0.15) is 26.3 Å². The lowest BCUT2D eigenvalue weighted by Crippen LogP contribution is -2.34. The molecule has 1 aromatic heterocycles. The third-order valence-electron chi connectivity index (χ3n) is 4.36. The number of amides is 2. The zero-order chi connectivity index (χ0) is 18.0. The van der Waals surface area contributed by atoms with E-state index in [2.05, 4.69) is 15.5 Å². The second-order valence-electron chi connectivity index (χ2n) is 6.40. The number of hydrogen-bond acceptors (Lipinski definition) is 4. The SMILES string of the molecule is CC(C)n1cnnc1-c1ccccc1NC(=O)N1CCC(C(=O)O)C1. The molecule has 8 nitrogen and oxygen atoms in total. The number of nitrogens with one attached hydrogen (secondary N) is 1. The molecule has 0 aliphatic carbocycles. The van der Waals surface area contributed by atoms with Gasteiger partial charge in [-0.3, -0.25) is 4.79 Å². The van der Waals surface area contributed by atoms with E-state index in [-0.39, 0.29) is 18.6 Å². The Bertz CT molecular complexity index is 786. The summed E-state index contributed by atoms with van der Waals surface area (Å²) in [5, 5.41) is 20.1. The largest absolute Gasteiger partial charge is 0.481 e. The van der Waals surface area contributed by atoms with E-state index in [0.29, 0.717) is 24.5 Å². The van der Waals surface area contributed by atoms with Crippen molar-refractivity contribution in [2.45, 2.75) is 26.3 Å². The molecule has 1 atom stereocenters. The Labute approximate surface area is 145 Å². The first-order valence-corrected chi connectivity index (χ1v) is 8.25. The average molecular weight is 343 g/mol. The van der Waals surface area contributed by atoms with Gasteiger partial charge in [-0.05, 0) is 32.4 Å². The third kappa shape index (κ3) is 3.47. The van der Waals surface area contributed by atoms with E-state index in [1.54, 1.807) is 12.4 Å². The van der Waals surface area contributed by atoms with Crippen LogP contribution < -0.4 is 5.32 Å².